The Morgan fingerprint density at radius 1 is 1.19 bits per heavy atom. The first-order chi connectivity index (χ1) is 16.7. The first-order valence-corrected chi connectivity index (χ1v) is 13.0. The molecule has 12 heteroatoms. The number of rotatable bonds is 7. The van der Waals surface area contributed by atoms with Gasteiger partial charge in [0.2, 0.25) is 10.0 Å². The van der Waals surface area contributed by atoms with Crippen molar-refractivity contribution in [3.05, 3.63) is 59.4 Å². The van der Waals surface area contributed by atoms with Gasteiger partial charge in [0.1, 0.15) is 5.69 Å². The lowest BCUT2D eigenvalue weighted by molar-refractivity contribution is -0.258. The summed E-state index contributed by atoms with van der Waals surface area (Å²) in [6, 6.07) is 7.42. The van der Waals surface area contributed by atoms with Crippen LogP contribution in [0.5, 0.6) is 0 Å². The molecule has 1 aliphatic carbocycles. The minimum Gasteiger partial charge on any atom is -0.376 e. The number of carbonyl (C=O) groups is 1. The van der Waals surface area contributed by atoms with E-state index in [-0.39, 0.29) is 28.6 Å². The van der Waals surface area contributed by atoms with E-state index in [2.05, 4.69) is 9.88 Å². The number of halogens is 3. The average Bonchev–Trinajstić information content (AvgIpc) is 3.59. The van der Waals surface area contributed by atoms with E-state index in [0.717, 1.165) is 42.7 Å². The van der Waals surface area contributed by atoms with Crippen LogP contribution in [0.15, 0.2) is 47.5 Å². The highest BCUT2D eigenvalue weighted by molar-refractivity contribution is 7.89. The van der Waals surface area contributed by atoms with Gasteiger partial charge in [-0.3, -0.25) is 14.7 Å². The van der Waals surface area contributed by atoms with Gasteiger partial charge in [-0.05, 0) is 62.1 Å². The molecule has 1 amide bonds. The molecule has 36 heavy (non-hydrogen) atoms. The maximum Gasteiger partial charge on any atom is 0.421 e. The molecule has 1 saturated carbocycles. The molecule has 4 rings (SSSR count). The number of aromatic nitrogens is 1. The number of aliphatic hydroxyl groups is 1. The van der Waals surface area contributed by atoms with Gasteiger partial charge in [-0.1, -0.05) is 12.1 Å². The highest BCUT2D eigenvalue weighted by Crippen LogP contribution is 2.49. The smallest absolute Gasteiger partial charge is 0.376 e. The topological polar surface area (TPSA) is 117 Å². The molecule has 3 N–H and O–H groups in total. The number of benzene rings is 1. The van der Waals surface area contributed by atoms with Gasteiger partial charge in [-0.2, -0.15) is 17.5 Å². The van der Waals surface area contributed by atoms with Gasteiger partial charge in [0.25, 0.3) is 5.91 Å². The zero-order valence-corrected chi connectivity index (χ0v) is 20.8. The van der Waals surface area contributed by atoms with Gasteiger partial charge in [0.05, 0.1) is 4.90 Å². The van der Waals surface area contributed by atoms with Crippen LogP contribution >= 0.6 is 0 Å². The number of amides is 1. The van der Waals surface area contributed by atoms with Gasteiger partial charge in [0, 0.05) is 43.8 Å². The lowest BCUT2D eigenvalue weighted by atomic mass is 9.95. The standard InChI is InChI=1S/C24H29F3N4O4S/c1-16-14-30(15-23(8-9-23)18-7-10-29-20(13-18)21(28)32)11-12-31(16)36(34,35)19-5-3-17(4-6-19)22(2,33)24(25,26)27/h3-7,10,13,16,33H,8-9,11-12,14-15H2,1-2H3,(H2,28,32)/t16?,22-/m0/s1. The molecule has 2 heterocycles. The van der Waals surface area contributed by atoms with E-state index in [1.54, 1.807) is 19.2 Å². The summed E-state index contributed by atoms with van der Waals surface area (Å²) >= 11 is 0. The second-order valence-electron chi connectivity index (χ2n) is 9.87. The van der Waals surface area contributed by atoms with E-state index in [4.69, 9.17) is 5.73 Å². The summed E-state index contributed by atoms with van der Waals surface area (Å²) in [5.74, 6) is -0.588. The van der Waals surface area contributed by atoms with Crippen molar-refractivity contribution in [3.8, 4) is 0 Å². The van der Waals surface area contributed by atoms with Crippen molar-refractivity contribution in [2.45, 2.75) is 54.8 Å². The molecule has 1 aromatic carbocycles. The molecule has 8 nitrogen and oxygen atoms in total. The van der Waals surface area contributed by atoms with Crippen LogP contribution in [0.2, 0.25) is 0 Å². The third-order valence-electron chi connectivity index (χ3n) is 7.23. The van der Waals surface area contributed by atoms with Gasteiger partial charge >= 0.3 is 6.18 Å². The molecule has 2 aromatic rings. The lowest BCUT2D eigenvalue weighted by Gasteiger charge is -2.40. The van der Waals surface area contributed by atoms with Crippen molar-refractivity contribution in [2.24, 2.45) is 5.73 Å². The largest absolute Gasteiger partial charge is 0.421 e. The quantitative estimate of drug-likeness (QED) is 0.572. The minimum absolute atomic E-state index is 0.126. The van der Waals surface area contributed by atoms with Crippen LogP contribution in [0, 0.1) is 0 Å². The number of hydrogen-bond acceptors (Lipinski definition) is 6. The Bertz CT molecular complexity index is 1240. The van der Waals surface area contributed by atoms with Crippen molar-refractivity contribution in [1.29, 1.82) is 0 Å². The van der Waals surface area contributed by atoms with Crippen LogP contribution in [0.4, 0.5) is 13.2 Å². The van der Waals surface area contributed by atoms with Crippen molar-refractivity contribution < 1.29 is 31.5 Å². The third kappa shape index (κ3) is 4.86. The Morgan fingerprint density at radius 2 is 1.83 bits per heavy atom. The average molecular weight is 527 g/mol. The first kappa shape index (κ1) is 26.5. The second-order valence-corrected chi connectivity index (χ2v) is 11.8. The van der Waals surface area contributed by atoms with E-state index in [1.807, 2.05) is 6.07 Å². The van der Waals surface area contributed by atoms with Gasteiger partial charge in [0.15, 0.2) is 5.60 Å². The summed E-state index contributed by atoms with van der Waals surface area (Å²) in [4.78, 5) is 17.6. The SMILES string of the molecule is CC1CN(CC2(c3ccnc(C(N)=O)c3)CC2)CCN1S(=O)(=O)c1ccc([C@](C)(O)C(F)(F)F)cc1. The van der Waals surface area contributed by atoms with E-state index >= 15 is 0 Å². The Hall–Kier alpha value is -2.54. The Balaban J connectivity index is 1.45. The predicted molar refractivity (Wildman–Crippen MR) is 126 cm³/mol. The van der Waals surface area contributed by atoms with Crippen LogP contribution in [-0.4, -0.2) is 72.0 Å². The van der Waals surface area contributed by atoms with Crippen LogP contribution in [0.3, 0.4) is 0 Å². The molecule has 0 radical (unpaired) electrons. The van der Waals surface area contributed by atoms with Crippen LogP contribution in [0.1, 0.15) is 48.3 Å². The van der Waals surface area contributed by atoms with Gasteiger partial charge in [-0.15, -0.1) is 0 Å². The zero-order chi connectivity index (χ0) is 26.5. The molecule has 1 unspecified atom stereocenters. The predicted octanol–water partition coefficient (Wildman–Crippen LogP) is 2.38. The minimum atomic E-state index is -4.89. The first-order valence-electron chi connectivity index (χ1n) is 11.6. The van der Waals surface area contributed by atoms with Crippen LogP contribution in [-0.2, 0) is 21.0 Å². The highest BCUT2D eigenvalue weighted by atomic mass is 32.2. The van der Waals surface area contributed by atoms with Crippen LogP contribution < -0.4 is 5.73 Å². The summed E-state index contributed by atoms with van der Waals surface area (Å²) < 4.78 is 67.2. The molecule has 0 spiro atoms. The molecule has 2 fully saturated rings. The molecule has 1 saturated heterocycles. The number of carbonyl (C=O) groups excluding carboxylic acids is 1. The van der Waals surface area contributed by atoms with E-state index in [1.165, 1.54) is 4.31 Å². The fraction of sp³-hybridized carbons (Fsp3) is 0.500. The number of primary amides is 1. The number of alkyl halides is 3. The van der Waals surface area contributed by atoms with E-state index in [9.17, 15) is 31.5 Å². The van der Waals surface area contributed by atoms with Crippen molar-refractivity contribution in [1.82, 2.24) is 14.2 Å². The molecule has 1 aliphatic heterocycles. The lowest BCUT2D eigenvalue weighted by Crippen LogP contribution is -2.55. The monoisotopic (exact) mass is 526 g/mol. The summed E-state index contributed by atoms with van der Waals surface area (Å²) in [5, 5.41) is 9.84. The number of piperazine rings is 1. The second kappa shape index (κ2) is 9.09. The summed E-state index contributed by atoms with van der Waals surface area (Å²) in [6.45, 7) is 4.32. The fourth-order valence-electron chi connectivity index (χ4n) is 4.78. The highest BCUT2D eigenvalue weighted by Gasteiger charge is 2.51. The molecular weight excluding hydrogens is 497 g/mol. The van der Waals surface area contributed by atoms with Crippen molar-refractivity contribution in [2.75, 3.05) is 26.2 Å². The molecule has 196 valence electrons. The Morgan fingerprint density at radius 3 is 2.36 bits per heavy atom. The van der Waals surface area contributed by atoms with Gasteiger partial charge in [-0.25, -0.2) is 8.42 Å². The molecular formula is C24H29F3N4O4S. The normalized spacial score (nSPS) is 22.7. The summed E-state index contributed by atoms with van der Waals surface area (Å²) in [6.07, 6.45) is -1.44. The number of nitrogens with zero attached hydrogens (tertiary/aromatic N) is 3. The van der Waals surface area contributed by atoms with E-state index < -0.39 is 33.3 Å². The zero-order valence-electron chi connectivity index (χ0n) is 20.0. The maximum atomic E-state index is 13.3. The molecule has 2 atom stereocenters. The summed E-state index contributed by atoms with van der Waals surface area (Å²) in [5.41, 5.74) is 2.93. The third-order valence-corrected chi connectivity index (χ3v) is 9.26. The number of sulfonamides is 1. The Kier molecular flexibility index (Phi) is 6.69. The maximum absolute atomic E-state index is 13.3. The van der Waals surface area contributed by atoms with Crippen molar-refractivity contribution >= 4 is 15.9 Å². The fourth-order valence-corrected chi connectivity index (χ4v) is 6.39. The molecule has 0 bridgehead atoms. The van der Waals surface area contributed by atoms with Gasteiger partial charge < -0.3 is 10.8 Å². The summed E-state index contributed by atoms with van der Waals surface area (Å²) in [7, 11) is -3.94. The van der Waals surface area contributed by atoms with E-state index in [0.29, 0.717) is 26.6 Å². The number of pyridine rings is 1. The van der Waals surface area contributed by atoms with Crippen LogP contribution in [0.25, 0.3) is 0 Å². The Labute approximate surface area is 208 Å². The molecule has 2 aliphatic rings. The van der Waals surface area contributed by atoms with Crippen molar-refractivity contribution in [3.63, 3.8) is 0 Å². The number of hydrogen-bond donors (Lipinski definition) is 2. The molecule has 1 aromatic heterocycles. The number of nitrogens with two attached hydrogens (primary N) is 1.